The van der Waals surface area contributed by atoms with Crippen molar-refractivity contribution >= 4 is 5.78 Å². The average molecular weight is 417 g/mol. The quantitative estimate of drug-likeness (QED) is 0.578. The number of Topliss-reactive ketones (excluding diaryl/α,β-unsaturated/α-hetero) is 1. The van der Waals surface area contributed by atoms with Crippen LogP contribution in [0, 0.1) is 46.3 Å². The van der Waals surface area contributed by atoms with Crippen LogP contribution in [0.25, 0.3) is 0 Å². The molecule has 10 atom stereocenters. The van der Waals surface area contributed by atoms with Crippen molar-refractivity contribution in [3.8, 4) is 0 Å². The van der Waals surface area contributed by atoms with E-state index in [0.717, 1.165) is 30.6 Å². The fraction of sp³-hybridized carbons (Fsp3) is 0.963. The van der Waals surface area contributed by atoms with Crippen LogP contribution < -0.4 is 0 Å². The fourth-order valence-corrected chi connectivity index (χ4v) is 9.52. The van der Waals surface area contributed by atoms with Gasteiger partial charge >= 0.3 is 0 Å². The van der Waals surface area contributed by atoms with Gasteiger partial charge in [0.05, 0.1) is 6.10 Å². The Balaban J connectivity index is 1.36. The molecule has 1 N–H and O–H groups in total. The first-order valence-electron chi connectivity index (χ1n) is 13.0. The standard InChI is InChI=1S/C27H44O3/c1-16(2)7-6-8-17(3)19-9-10-20-18-15-23(29)27-24(30-27)22(28)12-14-26(27,5)21(18)11-13-25(19,20)4/h16-22,24,28H,6-15H2,1-5H3/t17-,18+,19-,20+,21+,22+,24+,25-,26-,27+/m1/s1. The number of hydrogen-bond donors (Lipinski definition) is 1. The third-order valence-corrected chi connectivity index (χ3v) is 11.1. The van der Waals surface area contributed by atoms with Gasteiger partial charge in [0.15, 0.2) is 11.4 Å². The Morgan fingerprint density at radius 1 is 1.03 bits per heavy atom. The van der Waals surface area contributed by atoms with Crippen molar-refractivity contribution < 1.29 is 14.6 Å². The van der Waals surface area contributed by atoms with Crippen LogP contribution in [0.15, 0.2) is 0 Å². The molecule has 170 valence electrons. The smallest absolute Gasteiger partial charge is 0.168 e. The summed E-state index contributed by atoms with van der Waals surface area (Å²) in [6, 6.07) is 0. The van der Waals surface area contributed by atoms with Gasteiger partial charge in [-0.25, -0.2) is 0 Å². The molecule has 0 unspecified atom stereocenters. The van der Waals surface area contributed by atoms with Gasteiger partial charge in [-0.15, -0.1) is 0 Å². The summed E-state index contributed by atoms with van der Waals surface area (Å²) in [6.07, 6.45) is 11.2. The second-order valence-electron chi connectivity index (χ2n) is 12.8. The molecule has 1 aliphatic heterocycles. The summed E-state index contributed by atoms with van der Waals surface area (Å²) in [7, 11) is 0. The first-order chi connectivity index (χ1) is 14.1. The molecule has 3 heteroatoms. The largest absolute Gasteiger partial charge is 0.390 e. The molecule has 1 saturated heterocycles. The maximum atomic E-state index is 13.5. The maximum absolute atomic E-state index is 13.5. The Morgan fingerprint density at radius 2 is 1.80 bits per heavy atom. The van der Waals surface area contributed by atoms with Crippen molar-refractivity contribution in [3.63, 3.8) is 0 Å². The van der Waals surface area contributed by atoms with Crippen LogP contribution in [0.4, 0.5) is 0 Å². The van der Waals surface area contributed by atoms with E-state index in [-0.39, 0.29) is 11.5 Å². The zero-order chi connectivity index (χ0) is 21.5. The lowest BCUT2D eigenvalue weighted by Crippen LogP contribution is -2.62. The number of carbonyl (C=O) groups is 1. The van der Waals surface area contributed by atoms with Crippen molar-refractivity contribution in [2.24, 2.45) is 46.3 Å². The number of epoxide rings is 1. The number of hydrogen-bond acceptors (Lipinski definition) is 3. The summed E-state index contributed by atoms with van der Waals surface area (Å²) >= 11 is 0. The molecular weight excluding hydrogens is 372 g/mol. The highest BCUT2D eigenvalue weighted by atomic mass is 16.6. The van der Waals surface area contributed by atoms with Crippen molar-refractivity contribution in [3.05, 3.63) is 0 Å². The van der Waals surface area contributed by atoms with Gasteiger partial charge in [0.25, 0.3) is 0 Å². The number of ether oxygens (including phenoxy) is 1. The molecule has 0 amide bonds. The Bertz CT molecular complexity index is 702. The molecule has 5 rings (SSSR count). The predicted octanol–water partition coefficient (Wildman–Crippen LogP) is 5.78. The van der Waals surface area contributed by atoms with Gasteiger partial charge in [0, 0.05) is 11.8 Å². The molecule has 0 bridgehead atoms. The van der Waals surface area contributed by atoms with E-state index in [1.54, 1.807) is 0 Å². The summed E-state index contributed by atoms with van der Waals surface area (Å²) < 4.78 is 6.11. The van der Waals surface area contributed by atoms with Crippen molar-refractivity contribution in [2.75, 3.05) is 0 Å². The molecule has 3 nitrogen and oxygen atoms in total. The Labute approximate surface area is 183 Å². The van der Waals surface area contributed by atoms with Crippen LogP contribution in [-0.4, -0.2) is 28.7 Å². The van der Waals surface area contributed by atoms with Crippen molar-refractivity contribution in [1.29, 1.82) is 0 Å². The third-order valence-electron chi connectivity index (χ3n) is 11.1. The van der Waals surface area contributed by atoms with E-state index in [0.29, 0.717) is 35.4 Å². The van der Waals surface area contributed by atoms with E-state index in [1.807, 2.05) is 0 Å². The van der Waals surface area contributed by atoms with Crippen LogP contribution in [-0.2, 0) is 9.53 Å². The van der Waals surface area contributed by atoms with Gasteiger partial charge in [-0.3, -0.25) is 4.79 Å². The lowest BCUT2D eigenvalue weighted by molar-refractivity contribution is -0.157. The number of aliphatic hydroxyl groups excluding tert-OH is 1. The minimum atomic E-state index is -0.637. The molecule has 4 saturated carbocycles. The highest BCUT2D eigenvalue weighted by Gasteiger charge is 2.80. The van der Waals surface area contributed by atoms with Crippen LogP contribution >= 0.6 is 0 Å². The van der Waals surface area contributed by atoms with Gasteiger partial charge in [0.2, 0.25) is 0 Å². The van der Waals surface area contributed by atoms with Gasteiger partial charge in [0.1, 0.15) is 6.10 Å². The van der Waals surface area contributed by atoms with E-state index < -0.39 is 11.7 Å². The summed E-state index contributed by atoms with van der Waals surface area (Å²) in [5.41, 5.74) is -0.279. The predicted molar refractivity (Wildman–Crippen MR) is 119 cm³/mol. The Hall–Kier alpha value is -0.410. The Kier molecular flexibility index (Phi) is 5.03. The molecule has 0 aromatic carbocycles. The van der Waals surface area contributed by atoms with Crippen LogP contribution in [0.1, 0.15) is 98.8 Å². The van der Waals surface area contributed by atoms with Gasteiger partial charge < -0.3 is 9.84 Å². The second kappa shape index (κ2) is 7.04. The van der Waals surface area contributed by atoms with Crippen molar-refractivity contribution in [1.82, 2.24) is 0 Å². The first kappa shape index (κ1) is 21.4. The minimum absolute atomic E-state index is 0.0564. The topological polar surface area (TPSA) is 49.8 Å². The molecule has 1 spiro atoms. The summed E-state index contributed by atoms with van der Waals surface area (Å²) in [4.78, 5) is 13.5. The lowest BCUT2D eigenvalue weighted by atomic mass is 9.44. The highest BCUT2D eigenvalue weighted by molar-refractivity contribution is 5.93. The van der Waals surface area contributed by atoms with Crippen molar-refractivity contribution in [2.45, 2.75) is 117 Å². The number of rotatable bonds is 5. The second-order valence-corrected chi connectivity index (χ2v) is 12.8. The van der Waals surface area contributed by atoms with Crippen LogP contribution in [0.5, 0.6) is 0 Å². The van der Waals surface area contributed by atoms with Gasteiger partial charge in [-0.1, -0.05) is 53.9 Å². The highest BCUT2D eigenvalue weighted by Crippen LogP contribution is 2.72. The number of fused-ring (bicyclic) bond motifs is 4. The van der Waals surface area contributed by atoms with E-state index in [9.17, 15) is 9.90 Å². The molecule has 1 heterocycles. The zero-order valence-electron chi connectivity index (χ0n) is 20.0. The van der Waals surface area contributed by atoms with Gasteiger partial charge in [-0.05, 0) is 79.4 Å². The monoisotopic (exact) mass is 416 g/mol. The maximum Gasteiger partial charge on any atom is 0.168 e. The summed E-state index contributed by atoms with van der Waals surface area (Å²) in [5, 5.41) is 10.4. The zero-order valence-corrected chi connectivity index (χ0v) is 20.0. The SMILES string of the molecule is CC(C)CCC[C@@H](C)[C@H]1CC[C@H]2[C@@H]3CC(=O)[C@]45O[C@H]4[C@@H](O)CC[C@]5(C)[C@H]3CC[C@]12C. The molecule has 0 aromatic heterocycles. The third kappa shape index (κ3) is 2.73. The summed E-state index contributed by atoms with van der Waals surface area (Å²) in [6.45, 7) is 12.1. The molecule has 30 heavy (non-hydrogen) atoms. The van der Waals surface area contributed by atoms with Crippen LogP contribution in [0.3, 0.4) is 0 Å². The van der Waals surface area contributed by atoms with E-state index in [1.165, 1.54) is 44.9 Å². The van der Waals surface area contributed by atoms with Crippen LogP contribution in [0.2, 0.25) is 0 Å². The average Bonchev–Trinajstić information content (AvgIpc) is 3.36. The molecule has 4 aliphatic carbocycles. The van der Waals surface area contributed by atoms with Gasteiger partial charge in [-0.2, -0.15) is 0 Å². The molecule has 5 aliphatic rings. The summed E-state index contributed by atoms with van der Waals surface area (Å²) in [5.74, 6) is 4.61. The number of aliphatic hydroxyl groups is 1. The Morgan fingerprint density at radius 3 is 2.53 bits per heavy atom. The molecule has 0 aromatic rings. The lowest BCUT2D eigenvalue weighted by Gasteiger charge is -2.59. The minimum Gasteiger partial charge on any atom is -0.390 e. The molecular formula is C27H44O3. The van der Waals surface area contributed by atoms with E-state index in [4.69, 9.17) is 4.74 Å². The normalized spacial score (nSPS) is 53.0. The van der Waals surface area contributed by atoms with E-state index >= 15 is 0 Å². The molecule has 0 radical (unpaired) electrons. The molecule has 5 fully saturated rings. The van der Waals surface area contributed by atoms with E-state index in [2.05, 4.69) is 34.6 Å². The number of ketones is 1. The fourth-order valence-electron chi connectivity index (χ4n) is 9.52. The number of carbonyl (C=O) groups excluding carboxylic acids is 1. The first-order valence-corrected chi connectivity index (χ1v) is 13.0.